The number of urea groups is 1. The molecule has 1 N–H and O–H groups in total. The zero-order chi connectivity index (χ0) is 20.2. The maximum Gasteiger partial charge on any atom is 0.355 e. The normalized spacial score (nSPS) is 12.0. The minimum Gasteiger partial charge on any atom is -0.461 e. The lowest BCUT2D eigenvalue weighted by Gasteiger charge is -2.28. The lowest BCUT2D eigenvalue weighted by molar-refractivity contribution is 0.0514. The zero-order valence-electron chi connectivity index (χ0n) is 17.1. The standard InChI is InChI=1S/C19H31N3O4/c1-9-22(19(25)20-11(3)4)14(7)17(23)15-12(5)16(18(24)26-10-2)21(8)13(15)6/h11,14H,9-10H2,1-8H3,(H,20,25). The molecule has 0 aliphatic heterocycles. The Balaban J connectivity index is 3.26. The summed E-state index contributed by atoms with van der Waals surface area (Å²) in [4.78, 5) is 39.2. The van der Waals surface area contributed by atoms with E-state index in [9.17, 15) is 14.4 Å². The molecule has 7 heteroatoms. The molecular weight excluding hydrogens is 334 g/mol. The second-order valence-electron chi connectivity index (χ2n) is 6.64. The lowest BCUT2D eigenvalue weighted by Crippen LogP contribution is -2.49. The van der Waals surface area contributed by atoms with E-state index in [2.05, 4.69) is 5.32 Å². The Kier molecular flexibility index (Phi) is 7.41. The summed E-state index contributed by atoms with van der Waals surface area (Å²) in [6.07, 6.45) is 0. The van der Waals surface area contributed by atoms with Gasteiger partial charge in [0.25, 0.3) is 0 Å². The molecule has 0 radical (unpaired) electrons. The molecule has 1 aromatic rings. The Morgan fingerprint density at radius 1 is 1.15 bits per heavy atom. The second-order valence-corrected chi connectivity index (χ2v) is 6.64. The average Bonchev–Trinajstić information content (AvgIpc) is 2.76. The number of aromatic nitrogens is 1. The third-order valence-corrected chi connectivity index (χ3v) is 4.51. The summed E-state index contributed by atoms with van der Waals surface area (Å²) in [7, 11) is 1.74. The third kappa shape index (κ3) is 4.26. The summed E-state index contributed by atoms with van der Waals surface area (Å²) in [6, 6.07) is -0.941. The number of carbonyl (C=O) groups is 3. The monoisotopic (exact) mass is 365 g/mol. The van der Waals surface area contributed by atoms with Crippen LogP contribution in [0.15, 0.2) is 0 Å². The molecular formula is C19H31N3O4. The maximum atomic E-state index is 13.1. The Morgan fingerprint density at radius 2 is 1.73 bits per heavy atom. The summed E-state index contributed by atoms with van der Waals surface area (Å²) in [6.45, 7) is 13.2. The summed E-state index contributed by atoms with van der Waals surface area (Å²) in [5, 5.41) is 2.82. The molecule has 1 aromatic heterocycles. The number of hydrogen-bond donors (Lipinski definition) is 1. The van der Waals surface area contributed by atoms with Crippen LogP contribution >= 0.6 is 0 Å². The van der Waals surface area contributed by atoms with Crippen molar-refractivity contribution < 1.29 is 19.1 Å². The molecule has 0 spiro atoms. The van der Waals surface area contributed by atoms with Crippen molar-refractivity contribution in [2.75, 3.05) is 13.2 Å². The minimum absolute atomic E-state index is 0.0190. The van der Waals surface area contributed by atoms with E-state index in [0.29, 0.717) is 29.1 Å². The van der Waals surface area contributed by atoms with Gasteiger partial charge in [-0.1, -0.05) is 0 Å². The van der Waals surface area contributed by atoms with Crippen LogP contribution in [0, 0.1) is 13.8 Å². The van der Waals surface area contributed by atoms with E-state index in [1.165, 1.54) is 4.90 Å². The maximum absolute atomic E-state index is 13.1. The summed E-state index contributed by atoms with van der Waals surface area (Å²) in [5.74, 6) is -0.640. The number of likely N-dealkylation sites (N-methyl/N-ethyl adjacent to an activating group) is 1. The summed E-state index contributed by atoms with van der Waals surface area (Å²) in [5.41, 5.74) is 2.11. The van der Waals surface area contributed by atoms with Crippen LogP contribution in [0.2, 0.25) is 0 Å². The van der Waals surface area contributed by atoms with Crippen LogP contribution in [0.25, 0.3) is 0 Å². The van der Waals surface area contributed by atoms with Gasteiger partial charge < -0.3 is 19.5 Å². The van der Waals surface area contributed by atoms with Gasteiger partial charge in [0.2, 0.25) is 0 Å². The number of nitrogens with one attached hydrogen (secondary N) is 1. The first-order valence-electron chi connectivity index (χ1n) is 9.02. The number of esters is 1. The molecule has 26 heavy (non-hydrogen) atoms. The first-order valence-corrected chi connectivity index (χ1v) is 9.02. The topological polar surface area (TPSA) is 80.6 Å². The number of rotatable bonds is 7. The van der Waals surface area contributed by atoms with Gasteiger partial charge in [-0.05, 0) is 54.0 Å². The molecule has 0 bridgehead atoms. The largest absolute Gasteiger partial charge is 0.461 e. The predicted octanol–water partition coefficient (Wildman–Crippen LogP) is 2.83. The first kappa shape index (κ1) is 21.7. The molecule has 146 valence electrons. The predicted molar refractivity (Wildman–Crippen MR) is 101 cm³/mol. The van der Waals surface area contributed by atoms with Gasteiger partial charge in [-0.15, -0.1) is 0 Å². The van der Waals surface area contributed by atoms with Crippen molar-refractivity contribution in [3.05, 3.63) is 22.5 Å². The lowest BCUT2D eigenvalue weighted by atomic mass is 10.00. The highest BCUT2D eigenvalue weighted by molar-refractivity contribution is 6.06. The molecule has 1 heterocycles. The van der Waals surface area contributed by atoms with Crippen molar-refractivity contribution in [3.8, 4) is 0 Å². The van der Waals surface area contributed by atoms with E-state index in [0.717, 1.165) is 0 Å². The van der Waals surface area contributed by atoms with E-state index < -0.39 is 12.0 Å². The Hall–Kier alpha value is -2.31. The minimum atomic E-state index is -0.645. The number of amides is 2. The van der Waals surface area contributed by atoms with Gasteiger partial charge >= 0.3 is 12.0 Å². The summed E-state index contributed by atoms with van der Waals surface area (Å²) >= 11 is 0. The van der Waals surface area contributed by atoms with Gasteiger partial charge in [-0.2, -0.15) is 0 Å². The molecule has 0 saturated heterocycles. The molecule has 2 amide bonds. The van der Waals surface area contributed by atoms with E-state index in [4.69, 9.17) is 4.74 Å². The van der Waals surface area contributed by atoms with Crippen LogP contribution in [0.1, 0.15) is 66.7 Å². The van der Waals surface area contributed by atoms with Crippen molar-refractivity contribution in [2.45, 2.75) is 60.5 Å². The van der Waals surface area contributed by atoms with Gasteiger partial charge in [-0.3, -0.25) is 4.79 Å². The molecule has 0 aliphatic rings. The quantitative estimate of drug-likeness (QED) is 0.595. The molecule has 1 unspecified atom stereocenters. The second kappa shape index (κ2) is 8.87. The number of ketones is 1. The fraction of sp³-hybridized carbons (Fsp3) is 0.632. The number of nitrogens with zero attached hydrogens (tertiary/aromatic N) is 2. The van der Waals surface area contributed by atoms with Gasteiger partial charge in [0.05, 0.1) is 12.6 Å². The van der Waals surface area contributed by atoms with Gasteiger partial charge in [0, 0.05) is 30.9 Å². The van der Waals surface area contributed by atoms with Crippen LogP contribution in [-0.2, 0) is 11.8 Å². The van der Waals surface area contributed by atoms with Crippen LogP contribution in [0.3, 0.4) is 0 Å². The van der Waals surface area contributed by atoms with Crippen LogP contribution < -0.4 is 5.32 Å². The fourth-order valence-corrected chi connectivity index (χ4v) is 3.10. The highest BCUT2D eigenvalue weighted by Gasteiger charge is 2.32. The number of ether oxygens (including phenoxy) is 1. The van der Waals surface area contributed by atoms with Crippen molar-refractivity contribution in [1.29, 1.82) is 0 Å². The molecule has 0 fully saturated rings. The number of Topliss-reactive ketones (excluding diaryl/α,β-unsaturated/α-hetero) is 1. The van der Waals surface area contributed by atoms with Crippen molar-refractivity contribution in [1.82, 2.24) is 14.8 Å². The molecule has 7 nitrogen and oxygen atoms in total. The zero-order valence-corrected chi connectivity index (χ0v) is 17.1. The Bertz CT molecular complexity index is 691. The fourth-order valence-electron chi connectivity index (χ4n) is 3.10. The van der Waals surface area contributed by atoms with Crippen molar-refractivity contribution in [2.24, 2.45) is 7.05 Å². The highest BCUT2D eigenvalue weighted by Crippen LogP contribution is 2.24. The van der Waals surface area contributed by atoms with E-state index in [-0.39, 0.29) is 24.5 Å². The third-order valence-electron chi connectivity index (χ3n) is 4.51. The smallest absolute Gasteiger partial charge is 0.355 e. The van der Waals surface area contributed by atoms with Crippen molar-refractivity contribution in [3.63, 3.8) is 0 Å². The Labute approximate surface area is 155 Å². The molecule has 0 aromatic carbocycles. The van der Waals surface area contributed by atoms with Crippen LogP contribution in [0.4, 0.5) is 4.79 Å². The Morgan fingerprint density at radius 3 is 2.19 bits per heavy atom. The molecule has 1 atom stereocenters. The van der Waals surface area contributed by atoms with E-state index >= 15 is 0 Å². The van der Waals surface area contributed by atoms with Crippen LogP contribution in [0.5, 0.6) is 0 Å². The van der Waals surface area contributed by atoms with Crippen molar-refractivity contribution >= 4 is 17.8 Å². The van der Waals surface area contributed by atoms with Gasteiger partial charge in [0.1, 0.15) is 5.69 Å². The molecule has 0 aliphatic carbocycles. The number of carbonyl (C=O) groups excluding carboxylic acids is 3. The molecule has 1 rings (SSSR count). The van der Waals surface area contributed by atoms with Gasteiger partial charge in [-0.25, -0.2) is 9.59 Å². The summed E-state index contributed by atoms with van der Waals surface area (Å²) < 4.78 is 6.78. The number of hydrogen-bond acceptors (Lipinski definition) is 4. The van der Waals surface area contributed by atoms with Gasteiger partial charge in [0.15, 0.2) is 5.78 Å². The first-order chi connectivity index (χ1) is 12.1. The average molecular weight is 365 g/mol. The highest BCUT2D eigenvalue weighted by atomic mass is 16.5. The van der Waals surface area contributed by atoms with Crippen LogP contribution in [-0.4, -0.2) is 52.5 Å². The SMILES string of the molecule is CCOC(=O)c1c(C)c(C(=O)C(C)N(CC)C(=O)NC(C)C)c(C)n1C. The van der Waals surface area contributed by atoms with E-state index in [1.807, 2.05) is 20.8 Å². The molecule has 0 saturated carbocycles. The van der Waals surface area contributed by atoms with E-state index in [1.54, 1.807) is 39.3 Å².